The van der Waals surface area contributed by atoms with Crippen molar-refractivity contribution in [3.05, 3.63) is 72.3 Å². The molecule has 2 saturated heterocycles. The highest BCUT2D eigenvalue weighted by molar-refractivity contribution is 6.05. The lowest BCUT2D eigenvalue weighted by molar-refractivity contribution is 0.102. The number of rotatable bonds is 5. The third-order valence-electron chi connectivity index (χ3n) is 7.25. The van der Waals surface area contributed by atoms with Crippen LogP contribution in [-0.2, 0) is 4.74 Å². The van der Waals surface area contributed by atoms with Crippen molar-refractivity contribution in [3.8, 4) is 11.4 Å². The number of nitrogens with one attached hydrogen (secondary N) is 2. The molecule has 1 amide bonds. The number of benzene rings is 3. The number of piperazine rings is 1. The molecule has 190 valence electrons. The first-order chi connectivity index (χ1) is 18.1. The molecular weight excluding hydrogens is 464 g/mol. The maximum atomic E-state index is 12.9. The molecule has 3 heterocycles. The van der Waals surface area contributed by atoms with Gasteiger partial charge in [0.1, 0.15) is 5.82 Å². The highest BCUT2D eigenvalue weighted by Crippen LogP contribution is 2.26. The van der Waals surface area contributed by atoms with E-state index in [0.29, 0.717) is 5.56 Å². The molecule has 0 spiro atoms. The summed E-state index contributed by atoms with van der Waals surface area (Å²) in [5.41, 5.74) is 6.52. The molecule has 0 radical (unpaired) electrons. The lowest BCUT2D eigenvalue weighted by Crippen LogP contribution is -2.44. The van der Waals surface area contributed by atoms with Gasteiger partial charge in [-0.15, -0.1) is 0 Å². The van der Waals surface area contributed by atoms with Crippen molar-refractivity contribution in [1.82, 2.24) is 14.9 Å². The molecule has 1 aromatic heterocycles. The summed E-state index contributed by atoms with van der Waals surface area (Å²) in [5, 5.41) is 3.02. The summed E-state index contributed by atoms with van der Waals surface area (Å²) in [4.78, 5) is 28.1. The van der Waals surface area contributed by atoms with Crippen LogP contribution in [0.1, 0.15) is 10.4 Å². The van der Waals surface area contributed by atoms with Crippen molar-refractivity contribution in [2.24, 2.45) is 0 Å². The van der Waals surface area contributed by atoms with E-state index < -0.39 is 0 Å². The number of H-pyrrole nitrogens is 1. The van der Waals surface area contributed by atoms with Crippen molar-refractivity contribution in [2.75, 3.05) is 74.6 Å². The Morgan fingerprint density at radius 3 is 2.19 bits per heavy atom. The Hall–Kier alpha value is -3.88. The number of aromatic amines is 1. The van der Waals surface area contributed by atoms with Gasteiger partial charge in [-0.25, -0.2) is 4.98 Å². The Kier molecular flexibility index (Phi) is 6.51. The van der Waals surface area contributed by atoms with Crippen LogP contribution >= 0.6 is 0 Å². The van der Waals surface area contributed by atoms with Crippen LogP contribution in [0, 0.1) is 0 Å². The quantitative estimate of drug-likeness (QED) is 0.434. The molecule has 6 rings (SSSR count). The van der Waals surface area contributed by atoms with Crippen molar-refractivity contribution >= 4 is 34.0 Å². The molecule has 2 fully saturated rings. The lowest BCUT2D eigenvalue weighted by atomic mass is 10.1. The first kappa shape index (κ1) is 23.5. The number of hydrogen-bond acceptors (Lipinski definition) is 6. The number of amides is 1. The fourth-order valence-corrected chi connectivity index (χ4v) is 4.97. The number of likely N-dealkylation sites (N-methyl/N-ethyl adjacent to an activating group) is 1. The summed E-state index contributed by atoms with van der Waals surface area (Å²) in [6, 6.07) is 22.1. The van der Waals surface area contributed by atoms with Gasteiger partial charge in [0.25, 0.3) is 5.91 Å². The molecule has 0 bridgehead atoms. The van der Waals surface area contributed by atoms with Crippen molar-refractivity contribution in [1.29, 1.82) is 0 Å². The van der Waals surface area contributed by atoms with Crippen molar-refractivity contribution < 1.29 is 9.53 Å². The molecule has 8 nitrogen and oxygen atoms in total. The van der Waals surface area contributed by atoms with Gasteiger partial charge >= 0.3 is 0 Å². The standard InChI is InChI=1S/C29H32N6O2/c1-33-12-14-34(15-13-33)24-7-2-21(3-8-24)28-31-26-11-6-23(20-27(26)32-28)30-29(36)22-4-9-25(10-5-22)35-16-18-37-19-17-35/h2-11,20H,12-19H2,1H3,(H,30,36)(H,31,32). The van der Waals surface area contributed by atoms with E-state index in [4.69, 9.17) is 9.72 Å². The number of anilines is 3. The fraction of sp³-hybridized carbons (Fsp3) is 0.310. The average molecular weight is 497 g/mol. The van der Waals surface area contributed by atoms with Crippen LogP contribution in [0.15, 0.2) is 66.7 Å². The van der Waals surface area contributed by atoms with E-state index in [9.17, 15) is 4.79 Å². The second kappa shape index (κ2) is 10.2. The number of nitrogens with zero attached hydrogens (tertiary/aromatic N) is 4. The Morgan fingerprint density at radius 1 is 0.838 bits per heavy atom. The molecule has 2 aliphatic heterocycles. The molecule has 2 N–H and O–H groups in total. The second-order valence-electron chi connectivity index (χ2n) is 9.75. The van der Waals surface area contributed by atoms with Crippen LogP contribution in [-0.4, -0.2) is 80.3 Å². The Bertz CT molecular complexity index is 1370. The number of carbonyl (C=O) groups excluding carboxylic acids is 1. The van der Waals surface area contributed by atoms with E-state index in [1.807, 2.05) is 42.5 Å². The van der Waals surface area contributed by atoms with Gasteiger partial charge < -0.3 is 29.7 Å². The number of imidazole rings is 1. The van der Waals surface area contributed by atoms with Crippen LogP contribution in [0.3, 0.4) is 0 Å². The Morgan fingerprint density at radius 2 is 1.49 bits per heavy atom. The van der Waals surface area contributed by atoms with Gasteiger partial charge in [0.2, 0.25) is 0 Å². The number of hydrogen-bond donors (Lipinski definition) is 2. The minimum atomic E-state index is -0.132. The average Bonchev–Trinajstić information content (AvgIpc) is 3.38. The molecule has 3 aromatic carbocycles. The second-order valence-corrected chi connectivity index (χ2v) is 9.75. The summed E-state index contributed by atoms with van der Waals surface area (Å²) in [6.45, 7) is 7.49. The van der Waals surface area contributed by atoms with Gasteiger partial charge in [-0.2, -0.15) is 0 Å². The van der Waals surface area contributed by atoms with E-state index in [1.165, 1.54) is 5.69 Å². The molecule has 37 heavy (non-hydrogen) atoms. The number of ether oxygens (including phenoxy) is 1. The predicted molar refractivity (Wildman–Crippen MR) is 149 cm³/mol. The highest BCUT2D eigenvalue weighted by Gasteiger charge is 2.15. The summed E-state index contributed by atoms with van der Waals surface area (Å²) >= 11 is 0. The zero-order valence-electron chi connectivity index (χ0n) is 21.1. The predicted octanol–water partition coefficient (Wildman–Crippen LogP) is 4.07. The highest BCUT2D eigenvalue weighted by atomic mass is 16.5. The smallest absolute Gasteiger partial charge is 0.255 e. The molecule has 0 saturated carbocycles. The minimum absolute atomic E-state index is 0.132. The zero-order valence-corrected chi connectivity index (χ0v) is 21.1. The largest absolute Gasteiger partial charge is 0.378 e. The van der Waals surface area contributed by atoms with Crippen molar-refractivity contribution in [2.45, 2.75) is 0 Å². The SMILES string of the molecule is CN1CCN(c2ccc(-c3nc4ccc(NC(=O)c5ccc(N6CCOCC6)cc5)cc4[nH]3)cc2)CC1. The Balaban J connectivity index is 1.13. The van der Waals surface area contributed by atoms with Crippen LogP contribution in [0.2, 0.25) is 0 Å². The van der Waals surface area contributed by atoms with E-state index in [-0.39, 0.29) is 5.91 Å². The van der Waals surface area contributed by atoms with Crippen LogP contribution in [0.25, 0.3) is 22.4 Å². The van der Waals surface area contributed by atoms with E-state index in [2.05, 4.69) is 56.3 Å². The summed E-state index contributed by atoms with van der Waals surface area (Å²) in [5.74, 6) is 0.689. The first-order valence-corrected chi connectivity index (χ1v) is 12.9. The van der Waals surface area contributed by atoms with Crippen LogP contribution in [0.4, 0.5) is 17.1 Å². The topological polar surface area (TPSA) is 76.7 Å². The molecule has 4 aromatic rings. The minimum Gasteiger partial charge on any atom is -0.378 e. The molecular formula is C29H32N6O2. The number of morpholine rings is 1. The van der Waals surface area contributed by atoms with E-state index >= 15 is 0 Å². The molecule has 0 unspecified atom stereocenters. The zero-order chi connectivity index (χ0) is 25.2. The van der Waals surface area contributed by atoms with Gasteiger partial charge in [0.15, 0.2) is 0 Å². The third kappa shape index (κ3) is 5.16. The normalized spacial score (nSPS) is 16.8. The molecule has 8 heteroatoms. The number of aromatic nitrogens is 2. The summed E-state index contributed by atoms with van der Waals surface area (Å²) < 4.78 is 5.42. The van der Waals surface area contributed by atoms with E-state index in [1.54, 1.807) is 0 Å². The first-order valence-electron chi connectivity index (χ1n) is 12.9. The third-order valence-corrected chi connectivity index (χ3v) is 7.25. The van der Waals surface area contributed by atoms with Crippen LogP contribution in [0.5, 0.6) is 0 Å². The number of carbonyl (C=O) groups is 1. The van der Waals surface area contributed by atoms with Gasteiger partial charge in [-0.3, -0.25) is 4.79 Å². The van der Waals surface area contributed by atoms with Crippen molar-refractivity contribution in [3.63, 3.8) is 0 Å². The molecule has 0 atom stereocenters. The number of fused-ring (bicyclic) bond motifs is 1. The van der Waals surface area contributed by atoms with Gasteiger partial charge in [0, 0.05) is 67.5 Å². The fourth-order valence-electron chi connectivity index (χ4n) is 4.97. The van der Waals surface area contributed by atoms with Gasteiger partial charge in [-0.1, -0.05) is 0 Å². The van der Waals surface area contributed by atoms with E-state index in [0.717, 1.165) is 86.3 Å². The van der Waals surface area contributed by atoms with Crippen LogP contribution < -0.4 is 15.1 Å². The molecule has 2 aliphatic rings. The molecule has 0 aliphatic carbocycles. The Labute approximate surface area is 216 Å². The lowest BCUT2D eigenvalue weighted by Gasteiger charge is -2.34. The van der Waals surface area contributed by atoms with Gasteiger partial charge in [-0.05, 0) is 73.8 Å². The van der Waals surface area contributed by atoms with Gasteiger partial charge in [0.05, 0.1) is 24.2 Å². The maximum Gasteiger partial charge on any atom is 0.255 e. The maximum absolute atomic E-state index is 12.9. The summed E-state index contributed by atoms with van der Waals surface area (Å²) in [7, 11) is 2.17. The summed E-state index contributed by atoms with van der Waals surface area (Å²) in [6.07, 6.45) is 0. The monoisotopic (exact) mass is 496 g/mol.